The third kappa shape index (κ3) is 7.18. The third-order valence-electron chi connectivity index (χ3n) is 5.00. The molecule has 1 saturated heterocycles. The maximum atomic E-state index is 12.4. The van der Waals surface area contributed by atoms with Crippen LogP contribution in [0.15, 0.2) is 24.3 Å². The molecule has 1 aromatic rings. The molecule has 28 heavy (non-hydrogen) atoms. The number of rotatable bonds is 10. The number of benzene rings is 1. The molecule has 7 heteroatoms. The molecule has 0 aliphatic carbocycles. The first-order chi connectivity index (χ1) is 13.3. The van der Waals surface area contributed by atoms with Crippen molar-refractivity contribution in [2.24, 2.45) is 5.92 Å². The minimum absolute atomic E-state index is 0.0430. The minimum atomic E-state index is -3.13. The second-order valence-corrected chi connectivity index (χ2v) is 10.1. The number of piperazine rings is 1. The molecule has 0 atom stereocenters. The summed E-state index contributed by atoms with van der Waals surface area (Å²) in [5.74, 6) is 0.634. The van der Waals surface area contributed by atoms with Gasteiger partial charge in [0.05, 0.1) is 5.75 Å². The lowest BCUT2D eigenvalue weighted by Gasteiger charge is -2.34. The lowest BCUT2D eigenvalue weighted by atomic mass is 10.1. The first kappa shape index (κ1) is 22.8. The van der Waals surface area contributed by atoms with Crippen molar-refractivity contribution in [3.8, 4) is 0 Å². The molecule has 158 valence electrons. The van der Waals surface area contributed by atoms with Crippen LogP contribution < -0.4 is 5.32 Å². The van der Waals surface area contributed by atoms with E-state index in [0.717, 1.165) is 44.5 Å². The van der Waals surface area contributed by atoms with Crippen molar-refractivity contribution in [2.75, 3.05) is 38.5 Å². The van der Waals surface area contributed by atoms with Crippen molar-refractivity contribution in [3.63, 3.8) is 0 Å². The van der Waals surface area contributed by atoms with Gasteiger partial charge in [0.2, 0.25) is 10.0 Å². The zero-order valence-electron chi connectivity index (χ0n) is 17.5. The Labute approximate surface area is 170 Å². The number of nitrogens with zero attached hydrogens (tertiary/aromatic N) is 2. The lowest BCUT2D eigenvalue weighted by molar-refractivity contribution is 0.0948. The molecule has 0 radical (unpaired) electrons. The first-order valence-corrected chi connectivity index (χ1v) is 12.0. The molecular weight excluding hydrogens is 374 g/mol. The molecule has 1 aromatic carbocycles. The summed E-state index contributed by atoms with van der Waals surface area (Å²) in [7, 11) is -3.13. The fourth-order valence-electron chi connectivity index (χ4n) is 3.30. The van der Waals surface area contributed by atoms with Crippen LogP contribution in [0.25, 0.3) is 0 Å². The summed E-state index contributed by atoms with van der Waals surface area (Å²) in [6.07, 6.45) is 2.73. The van der Waals surface area contributed by atoms with Crippen LogP contribution in [-0.4, -0.2) is 62.0 Å². The standard InChI is InChI=1S/C21H35N3O3S/c1-4-5-6-14-28(26,27)24-12-10-23(11-13-24)17-19-8-7-9-20(15-19)21(25)22-16-18(2)3/h7-9,15,18H,4-6,10-14,16-17H2,1-3H3,(H,22,25). The molecular formula is C21H35N3O3S. The van der Waals surface area contributed by atoms with Gasteiger partial charge in [0.25, 0.3) is 5.91 Å². The normalized spacial score (nSPS) is 16.4. The molecule has 6 nitrogen and oxygen atoms in total. The van der Waals surface area contributed by atoms with Crippen LogP contribution >= 0.6 is 0 Å². The zero-order valence-corrected chi connectivity index (χ0v) is 18.3. The molecule has 1 aliphatic rings. The van der Waals surface area contributed by atoms with Gasteiger partial charge in [-0.25, -0.2) is 8.42 Å². The number of hydrogen-bond donors (Lipinski definition) is 1. The molecule has 1 N–H and O–H groups in total. The van der Waals surface area contributed by atoms with E-state index in [1.165, 1.54) is 0 Å². The highest BCUT2D eigenvalue weighted by atomic mass is 32.2. The fraction of sp³-hybridized carbons (Fsp3) is 0.667. The number of sulfonamides is 1. The molecule has 1 fully saturated rings. The second kappa shape index (κ2) is 10.9. The highest BCUT2D eigenvalue weighted by molar-refractivity contribution is 7.89. The number of unbranched alkanes of at least 4 members (excludes halogenated alkanes) is 2. The maximum Gasteiger partial charge on any atom is 0.251 e. The van der Waals surface area contributed by atoms with Gasteiger partial charge in [-0.2, -0.15) is 4.31 Å². The quantitative estimate of drug-likeness (QED) is 0.603. The number of amides is 1. The number of nitrogens with one attached hydrogen (secondary N) is 1. The van der Waals surface area contributed by atoms with E-state index in [2.05, 4.69) is 31.0 Å². The largest absolute Gasteiger partial charge is 0.352 e. The summed E-state index contributed by atoms with van der Waals surface area (Å²) in [6, 6.07) is 7.70. The van der Waals surface area contributed by atoms with Crippen molar-refractivity contribution >= 4 is 15.9 Å². The van der Waals surface area contributed by atoms with Gasteiger partial charge >= 0.3 is 0 Å². The highest BCUT2D eigenvalue weighted by Gasteiger charge is 2.26. The van der Waals surface area contributed by atoms with E-state index in [0.29, 0.717) is 31.1 Å². The molecule has 2 rings (SSSR count). The van der Waals surface area contributed by atoms with Gasteiger partial charge in [-0.3, -0.25) is 9.69 Å². The van der Waals surface area contributed by atoms with Crippen molar-refractivity contribution < 1.29 is 13.2 Å². The number of hydrogen-bond acceptors (Lipinski definition) is 4. The van der Waals surface area contributed by atoms with Gasteiger partial charge in [-0.1, -0.05) is 45.7 Å². The van der Waals surface area contributed by atoms with Crippen LogP contribution in [-0.2, 0) is 16.6 Å². The van der Waals surface area contributed by atoms with Gasteiger partial charge in [-0.05, 0) is 30.0 Å². The molecule has 1 heterocycles. The molecule has 0 bridgehead atoms. The Morgan fingerprint density at radius 3 is 2.50 bits per heavy atom. The number of carbonyl (C=O) groups excluding carboxylic acids is 1. The van der Waals surface area contributed by atoms with Gasteiger partial charge < -0.3 is 5.32 Å². The van der Waals surface area contributed by atoms with Gasteiger partial charge in [0, 0.05) is 44.8 Å². The predicted molar refractivity (Wildman–Crippen MR) is 114 cm³/mol. The van der Waals surface area contributed by atoms with Crippen molar-refractivity contribution in [3.05, 3.63) is 35.4 Å². The van der Waals surface area contributed by atoms with E-state index in [-0.39, 0.29) is 11.7 Å². The van der Waals surface area contributed by atoms with E-state index in [1.54, 1.807) is 4.31 Å². The van der Waals surface area contributed by atoms with E-state index in [9.17, 15) is 13.2 Å². The van der Waals surface area contributed by atoms with E-state index in [1.807, 2.05) is 24.3 Å². The highest BCUT2D eigenvalue weighted by Crippen LogP contribution is 2.14. The monoisotopic (exact) mass is 409 g/mol. The van der Waals surface area contributed by atoms with E-state index in [4.69, 9.17) is 0 Å². The summed E-state index contributed by atoms with van der Waals surface area (Å²) in [5, 5.41) is 2.95. The smallest absolute Gasteiger partial charge is 0.251 e. The maximum absolute atomic E-state index is 12.4. The van der Waals surface area contributed by atoms with Crippen molar-refractivity contribution in [1.82, 2.24) is 14.5 Å². The summed E-state index contributed by atoms with van der Waals surface area (Å²) >= 11 is 0. The van der Waals surface area contributed by atoms with Crippen LogP contribution in [0.3, 0.4) is 0 Å². The Morgan fingerprint density at radius 1 is 1.14 bits per heavy atom. The zero-order chi connectivity index (χ0) is 20.6. The Hall–Kier alpha value is -1.44. The van der Waals surface area contributed by atoms with Crippen molar-refractivity contribution in [1.29, 1.82) is 0 Å². The molecule has 1 amide bonds. The topological polar surface area (TPSA) is 69.7 Å². The SMILES string of the molecule is CCCCCS(=O)(=O)N1CCN(Cc2cccc(C(=O)NCC(C)C)c2)CC1. The molecule has 0 saturated carbocycles. The van der Waals surface area contributed by atoms with Gasteiger partial charge in [0.1, 0.15) is 0 Å². The fourth-order valence-corrected chi connectivity index (χ4v) is 4.84. The number of carbonyl (C=O) groups is 1. The average Bonchev–Trinajstić information content (AvgIpc) is 2.67. The molecule has 0 aromatic heterocycles. The van der Waals surface area contributed by atoms with Crippen LogP contribution in [0.5, 0.6) is 0 Å². The van der Waals surface area contributed by atoms with Crippen LogP contribution in [0.4, 0.5) is 0 Å². The second-order valence-electron chi connectivity index (χ2n) is 8.00. The van der Waals surface area contributed by atoms with Crippen LogP contribution in [0.1, 0.15) is 56.0 Å². The van der Waals surface area contributed by atoms with Crippen LogP contribution in [0.2, 0.25) is 0 Å². The predicted octanol–water partition coefficient (Wildman–Crippen LogP) is 2.71. The molecule has 0 spiro atoms. The first-order valence-electron chi connectivity index (χ1n) is 10.4. The van der Waals surface area contributed by atoms with Gasteiger partial charge in [-0.15, -0.1) is 0 Å². The summed E-state index contributed by atoms with van der Waals surface area (Å²) in [4.78, 5) is 14.5. The Bertz CT molecular complexity index is 726. The van der Waals surface area contributed by atoms with Gasteiger partial charge in [0.15, 0.2) is 0 Å². The average molecular weight is 410 g/mol. The molecule has 0 unspecified atom stereocenters. The van der Waals surface area contributed by atoms with Crippen molar-refractivity contribution in [2.45, 2.75) is 46.6 Å². The van der Waals surface area contributed by atoms with Crippen LogP contribution in [0, 0.1) is 5.92 Å². The molecule has 1 aliphatic heterocycles. The Kier molecular flexibility index (Phi) is 8.92. The van der Waals surface area contributed by atoms with E-state index >= 15 is 0 Å². The summed E-state index contributed by atoms with van der Waals surface area (Å²) in [5.41, 5.74) is 1.76. The summed E-state index contributed by atoms with van der Waals surface area (Å²) < 4.78 is 26.5. The summed E-state index contributed by atoms with van der Waals surface area (Å²) in [6.45, 7) is 10.1. The van der Waals surface area contributed by atoms with E-state index < -0.39 is 10.0 Å². The third-order valence-corrected chi connectivity index (χ3v) is 6.95. The Balaban J connectivity index is 1.86. The lowest BCUT2D eigenvalue weighted by Crippen LogP contribution is -2.48. The Morgan fingerprint density at radius 2 is 1.86 bits per heavy atom. The minimum Gasteiger partial charge on any atom is -0.352 e.